The number of hydrogen-bond donors (Lipinski definition) is 3. The number of amides is 2. The van der Waals surface area contributed by atoms with Crippen LogP contribution in [-0.4, -0.2) is 46.7 Å². The molecule has 9 heteroatoms. The molecule has 0 unspecified atom stereocenters. The molecule has 1 fully saturated rings. The van der Waals surface area contributed by atoms with E-state index < -0.39 is 0 Å². The van der Waals surface area contributed by atoms with E-state index in [1.165, 1.54) is 10.6 Å². The van der Waals surface area contributed by atoms with Crippen molar-refractivity contribution in [2.75, 3.05) is 13.2 Å². The number of benzene rings is 2. The molecule has 172 valence electrons. The molecule has 5 rings (SSSR count). The van der Waals surface area contributed by atoms with Gasteiger partial charge in [0.1, 0.15) is 5.69 Å². The summed E-state index contributed by atoms with van der Waals surface area (Å²) < 4.78 is 7.01. The van der Waals surface area contributed by atoms with Crippen LogP contribution in [0.3, 0.4) is 0 Å². The van der Waals surface area contributed by atoms with Crippen LogP contribution in [0.2, 0.25) is 5.02 Å². The van der Waals surface area contributed by atoms with Crippen LogP contribution in [0.15, 0.2) is 77.7 Å². The van der Waals surface area contributed by atoms with Crippen LogP contribution >= 0.6 is 11.6 Å². The molecule has 0 radical (unpaired) electrons. The van der Waals surface area contributed by atoms with E-state index >= 15 is 0 Å². The standard InChI is InChI=1S/C25H21ClN4O4/c26-17-6-9-19-16(11-17)12-20(27-19)25(33)29-22-14-34-13-21(22)28-24(32)15-4-7-18(8-5-15)30-10-2-1-3-23(30)31/h1-12,21-22,27H,13-14H2,(H,28,32)(H,29,33)/t21-,22+/m1/s1. The zero-order valence-electron chi connectivity index (χ0n) is 18.0. The summed E-state index contributed by atoms with van der Waals surface area (Å²) >= 11 is 6.02. The molecule has 2 amide bonds. The second-order valence-corrected chi connectivity index (χ2v) is 8.50. The molecule has 1 aliphatic heterocycles. The molecule has 0 aliphatic carbocycles. The fourth-order valence-corrected chi connectivity index (χ4v) is 4.16. The van der Waals surface area contributed by atoms with Gasteiger partial charge < -0.3 is 20.4 Å². The molecule has 1 saturated heterocycles. The van der Waals surface area contributed by atoms with E-state index in [1.807, 2.05) is 6.07 Å². The molecule has 0 saturated carbocycles. The minimum atomic E-state index is -0.383. The summed E-state index contributed by atoms with van der Waals surface area (Å²) in [5.74, 6) is -0.582. The number of nitrogens with one attached hydrogen (secondary N) is 3. The highest BCUT2D eigenvalue weighted by Gasteiger charge is 2.31. The van der Waals surface area contributed by atoms with E-state index in [0.29, 0.717) is 28.6 Å². The molecule has 2 aromatic carbocycles. The van der Waals surface area contributed by atoms with Crippen LogP contribution < -0.4 is 16.2 Å². The number of aromatic amines is 1. The van der Waals surface area contributed by atoms with Crippen molar-refractivity contribution in [1.82, 2.24) is 20.2 Å². The van der Waals surface area contributed by atoms with Gasteiger partial charge >= 0.3 is 0 Å². The van der Waals surface area contributed by atoms with Gasteiger partial charge in [-0.25, -0.2) is 0 Å². The average Bonchev–Trinajstić information content (AvgIpc) is 3.46. The number of H-pyrrole nitrogens is 1. The maximum absolute atomic E-state index is 12.8. The summed E-state index contributed by atoms with van der Waals surface area (Å²) in [6, 6.07) is 18.0. The van der Waals surface area contributed by atoms with Gasteiger partial charge in [0.15, 0.2) is 0 Å². The lowest BCUT2D eigenvalue weighted by molar-refractivity contribution is 0.0894. The lowest BCUT2D eigenvalue weighted by atomic mass is 10.1. The fraction of sp³-hybridized carbons (Fsp3) is 0.160. The Morgan fingerprint density at radius 3 is 2.41 bits per heavy atom. The number of rotatable bonds is 5. The summed E-state index contributed by atoms with van der Waals surface area (Å²) in [7, 11) is 0. The van der Waals surface area contributed by atoms with E-state index in [-0.39, 0.29) is 36.1 Å². The van der Waals surface area contributed by atoms with Gasteiger partial charge in [-0.1, -0.05) is 17.7 Å². The number of hydrogen-bond acceptors (Lipinski definition) is 4. The fourth-order valence-electron chi connectivity index (χ4n) is 3.98. The molecule has 4 aromatic rings. The number of nitrogens with zero attached hydrogens (tertiary/aromatic N) is 1. The zero-order chi connectivity index (χ0) is 23.7. The van der Waals surface area contributed by atoms with Gasteiger partial charge in [0.05, 0.1) is 25.3 Å². The lowest BCUT2D eigenvalue weighted by Crippen LogP contribution is -2.51. The Balaban J connectivity index is 1.25. The first-order valence-corrected chi connectivity index (χ1v) is 11.1. The highest BCUT2D eigenvalue weighted by Crippen LogP contribution is 2.20. The first-order chi connectivity index (χ1) is 16.5. The predicted molar refractivity (Wildman–Crippen MR) is 129 cm³/mol. The molecule has 2 atom stereocenters. The van der Waals surface area contributed by atoms with Crippen molar-refractivity contribution in [2.45, 2.75) is 12.1 Å². The largest absolute Gasteiger partial charge is 0.377 e. The molecular formula is C25H21ClN4O4. The van der Waals surface area contributed by atoms with Crippen molar-refractivity contribution in [3.05, 3.63) is 99.6 Å². The highest BCUT2D eigenvalue weighted by atomic mass is 35.5. The van der Waals surface area contributed by atoms with E-state index in [9.17, 15) is 14.4 Å². The molecule has 2 aromatic heterocycles. The Bertz CT molecular complexity index is 1430. The number of aromatic nitrogens is 2. The van der Waals surface area contributed by atoms with Gasteiger partial charge in [-0.15, -0.1) is 0 Å². The topological polar surface area (TPSA) is 105 Å². The molecular weight excluding hydrogens is 456 g/mol. The summed E-state index contributed by atoms with van der Waals surface area (Å²) in [6.07, 6.45) is 1.67. The quantitative estimate of drug-likeness (QED) is 0.412. The minimum absolute atomic E-state index is 0.153. The number of fused-ring (bicyclic) bond motifs is 1. The average molecular weight is 477 g/mol. The maximum Gasteiger partial charge on any atom is 0.268 e. The van der Waals surface area contributed by atoms with Crippen molar-refractivity contribution in [3.8, 4) is 5.69 Å². The zero-order valence-corrected chi connectivity index (χ0v) is 18.7. The van der Waals surface area contributed by atoms with Crippen LogP contribution in [0.4, 0.5) is 0 Å². The SMILES string of the molecule is O=C(N[C@@H]1COC[C@@H]1NC(=O)c1cc2cc(Cl)ccc2[nH]1)c1ccc(-n2ccccc2=O)cc1. The molecule has 8 nitrogen and oxygen atoms in total. The smallest absolute Gasteiger partial charge is 0.268 e. The van der Waals surface area contributed by atoms with Crippen molar-refractivity contribution in [3.63, 3.8) is 0 Å². The van der Waals surface area contributed by atoms with Gasteiger partial charge in [0.2, 0.25) is 0 Å². The maximum atomic E-state index is 12.8. The van der Waals surface area contributed by atoms with Crippen LogP contribution in [0.1, 0.15) is 20.8 Å². The van der Waals surface area contributed by atoms with E-state index in [2.05, 4.69) is 15.6 Å². The Morgan fingerprint density at radius 1 is 0.941 bits per heavy atom. The Labute approximate surface area is 199 Å². The first-order valence-electron chi connectivity index (χ1n) is 10.7. The highest BCUT2D eigenvalue weighted by molar-refractivity contribution is 6.31. The predicted octanol–water partition coefficient (Wildman–Crippen LogP) is 2.90. The van der Waals surface area contributed by atoms with Gasteiger partial charge in [-0.05, 0) is 54.6 Å². The monoisotopic (exact) mass is 476 g/mol. The third kappa shape index (κ3) is 4.46. The lowest BCUT2D eigenvalue weighted by Gasteiger charge is -2.20. The van der Waals surface area contributed by atoms with Crippen LogP contribution in [0.25, 0.3) is 16.6 Å². The molecule has 1 aliphatic rings. The Kier molecular flexibility index (Phi) is 5.91. The van der Waals surface area contributed by atoms with Gasteiger partial charge in [-0.3, -0.25) is 19.0 Å². The summed E-state index contributed by atoms with van der Waals surface area (Å²) in [6.45, 7) is 0.578. The molecule has 3 N–H and O–H groups in total. The number of carbonyl (C=O) groups is 2. The number of halogens is 1. The molecule has 0 spiro atoms. The summed E-state index contributed by atoms with van der Waals surface area (Å²) in [4.78, 5) is 40.7. The van der Waals surface area contributed by atoms with E-state index in [0.717, 1.165) is 10.9 Å². The van der Waals surface area contributed by atoms with Gasteiger partial charge in [-0.2, -0.15) is 0 Å². The number of carbonyl (C=O) groups excluding carboxylic acids is 2. The molecule has 3 heterocycles. The van der Waals surface area contributed by atoms with Crippen molar-refractivity contribution < 1.29 is 14.3 Å². The van der Waals surface area contributed by atoms with Crippen LogP contribution in [-0.2, 0) is 4.74 Å². The summed E-state index contributed by atoms with van der Waals surface area (Å²) in [5.41, 5.74) is 2.16. The number of pyridine rings is 1. The van der Waals surface area contributed by atoms with Gasteiger partial charge in [0.25, 0.3) is 17.4 Å². The number of ether oxygens (including phenoxy) is 1. The first kappa shape index (κ1) is 21.9. The Morgan fingerprint density at radius 2 is 1.68 bits per heavy atom. The van der Waals surface area contributed by atoms with Crippen molar-refractivity contribution >= 4 is 34.3 Å². The third-order valence-corrected chi connectivity index (χ3v) is 6.01. The van der Waals surface area contributed by atoms with E-state index in [1.54, 1.807) is 60.8 Å². The Hall–Kier alpha value is -3.88. The van der Waals surface area contributed by atoms with Gasteiger partial charge in [0, 0.05) is 39.4 Å². The van der Waals surface area contributed by atoms with Crippen LogP contribution in [0.5, 0.6) is 0 Å². The normalized spacial score (nSPS) is 17.6. The van der Waals surface area contributed by atoms with E-state index in [4.69, 9.17) is 16.3 Å². The van der Waals surface area contributed by atoms with Crippen molar-refractivity contribution in [2.24, 2.45) is 0 Å². The molecule has 34 heavy (non-hydrogen) atoms. The van der Waals surface area contributed by atoms with Crippen LogP contribution in [0, 0.1) is 0 Å². The summed E-state index contributed by atoms with van der Waals surface area (Å²) in [5, 5.41) is 7.30. The van der Waals surface area contributed by atoms with Crippen molar-refractivity contribution in [1.29, 1.82) is 0 Å². The third-order valence-electron chi connectivity index (χ3n) is 5.77. The second-order valence-electron chi connectivity index (χ2n) is 8.07. The molecule has 0 bridgehead atoms. The second kappa shape index (κ2) is 9.17. The minimum Gasteiger partial charge on any atom is -0.377 e.